The molecule has 0 bridgehead atoms. The molecule has 25 heavy (non-hydrogen) atoms. The van der Waals surface area contributed by atoms with E-state index in [-0.39, 0.29) is 11.8 Å². The number of para-hydroxylation sites is 1. The standard InChI is InChI=1S/C18H19N5O2/c1-22-8-7-19-17(22)13-9-16(24)21-18-14(13)10-20-23(18)11-12-5-3-4-6-15(12)25-2/h3-8,10,13H,9,11H2,1-2H3,(H,21,24). The average Bonchev–Trinajstić information content (AvgIpc) is 3.21. The van der Waals surface area contributed by atoms with Gasteiger partial charge in [-0.3, -0.25) is 4.79 Å². The Bertz CT molecular complexity index is 927. The van der Waals surface area contributed by atoms with Gasteiger partial charge in [0.2, 0.25) is 5.91 Å². The largest absolute Gasteiger partial charge is 0.496 e. The Labute approximate surface area is 145 Å². The van der Waals surface area contributed by atoms with E-state index < -0.39 is 0 Å². The number of aryl methyl sites for hydroxylation is 1. The maximum Gasteiger partial charge on any atom is 0.226 e. The average molecular weight is 337 g/mol. The first-order valence-electron chi connectivity index (χ1n) is 8.12. The van der Waals surface area contributed by atoms with Gasteiger partial charge in [0.1, 0.15) is 17.4 Å². The minimum atomic E-state index is -0.0878. The predicted molar refractivity (Wildman–Crippen MR) is 92.6 cm³/mol. The van der Waals surface area contributed by atoms with E-state index in [9.17, 15) is 4.79 Å². The summed E-state index contributed by atoms with van der Waals surface area (Å²) in [6.45, 7) is 0.521. The summed E-state index contributed by atoms with van der Waals surface area (Å²) >= 11 is 0. The molecule has 7 nitrogen and oxygen atoms in total. The van der Waals surface area contributed by atoms with Crippen LogP contribution in [-0.2, 0) is 18.4 Å². The Morgan fingerprint density at radius 2 is 2.20 bits per heavy atom. The van der Waals surface area contributed by atoms with Gasteiger partial charge in [-0.1, -0.05) is 18.2 Å². The summed E-state index contributed by atoms with van der Waals surface area (Å²) in [7, 11) is 3.59. The summed E-state index contributed by atoms with van der Waals surface area (Å²) < 4.78 is 9.17. The van der Waals surface area contributed by atoms with Gasteiger partial charge in [0.15, 0.2) is 0 Å². The Balaban J connectivity index is 1.73. The smallest absolute Gasteiger partial charge is 0.226 e. The van der Waals surface area contributed by atoms with Gasteiger partial charge >= 0.3 is 0 Å². The van der Waals surface area contributed by atoms with Crippen LogP contribution in [0.2, 0.25) is 0 Å². The molecule has 4 rings (SSSR count). The molecule has 128 valence electrons. The summed E-state index contributed by atoms with van der Waals surface area (Å²) in [5.41, 5.74) is 1.99. The van der Waals surface area contributed by atoms with Crippen molar-refractivity contribution in [2.75, 3.05) is 12.4 Å². The molecular weight excluding hydrogens is 318 g/mol. The number of hydrogen-bond donors (Lipinski definition) is 1. The van der Waals surface area contributed by atoms with Crippen molar-refractivity contribution in [1.82, 2.24) is 19.3 Å². The van der Waals surface area contributed by atoms with Crippen molar-refractivity contribution in [3.63, 3.8) is 0 Å². The Morgan fingerprint density at radius 3 is 2.96 bits per heavy atom. The lowest BCUT2D eigenvalue weighted by Gasteiger charge is -2.23. The van der Waals surface area contributed by atoms with Crippen molar-refractivity contribution in [2.45, 2.75) is 18.9 Å². The number of nitrogens with one attached hydrogen (secondary N) is 1. The number of methoxy groups -OCH3 is 1. The molecule has 1 aliphatic rings. The van der Waals surface area contributed by atoms with Gasteiger partial charge in [-0.2, -0.15) is 5.10 Å². The van der Waals surface area contributed by atoms with Gasteiger partial charge in [-0.05, 0) is 6.07 Å². The van der Waals surface area contributed by atoms with E-state index in [2.05, 4.69) is 15.4 Å². The van der Waals surface area contributed by atoms with Crippen LogP contribution in [0.1, 0.15) is 29.3 Å². The first-order chi connectivity index (χ1) is 12.2. The number of hydrogen-bond acceptors (Lipinski definition) is 4. The number of anilines is 1. The van der Waals surface area contributed by atoms with Crippen molar-refractivity contribution in [3.05, 3.63) is 59.8 Å². The zero-order chi connectivity index (χ0) is 17.4. The van der Waals surface area contributed by atoms with E-state index in [0.29, 0.717) is 13.0 Å². The van der Waals surface area contributed by atoms with Crippen molar-refractivity contribution < 1.29 is 9.53 Å². The minimum Gasteiger partial charge on any atom is -0.496 e. The highest BCUT2D eigenvalue weighted by molar-refractivity contribution is 5.94. The van der Waals surface area contributed by atoms with Crippen LogP contribution >= 0.6 is 0 Å². The molecule has 1 aliphatic heterocycles. The van der Waals surface area contributed by atoms with Crippen LogP contribution in [0.25, 0.3) is 0 Å². The summed E-state index contributed by atoms with van der Waals surface area (Å²) in [5.74, 6) is 2.29. The van der Waals surface area contributed by atoms with Gasteiger partial charge in [-0.25, -0.2) is 9.67 Å². The van der Waals surface area contributed by atoms with E-state index in [1.807, 2.05) is 48.3 Å². The van der Waals surface area contributed by atoms with E-state index in [4.69, 9.17) is 4.74 Å². The lowest BCUT2D eigenvalue weighted by atomic mass is 9.93. The number of nitrogens with zero attached hydrogens (tertiary/aromatic N) is 4. The van der Waals surface area contributed by atoms with E-state index >= 15 is 0 Å². The van der Waals surface area contributed by atoms with Crippen LogP contribution in [0.5, 0.6) is 5.75 Å². The molecule has 0 fully saturated rings. The zero-order valence-electron chi connectivity index (χ0n) is 14.1. The first-order valence-corrected chi connectivity index (χ1v) is 8.12. The van der Waals surface area contributed by atoms with Gasteiger partial charge < -0.3 is 14.6 Å². The van der Waals surface area contributed by atoms with E-state index in [1.54, 1.807) is 18.0 Å². The van der Waals surface area contributed by atoms with Crippen LogP contribution in [0.3, 0.4) is 0 Å². The normalized spacial score (nSPS) is 16.4. The third kappa shape index (κ3) is 2.67. The van der Waals surface area contributed by atoms with Crippen molar-refractivity contribution >= 4 is 11.7 Å². The quantitative estimate of drug-likeness (QED) is 0.792. The second kappa shape index (κ2) is 6.08. The molecule has 1 aromatic carbocycles. The number of benzene rings is 1. The fourth-order valence-electron chi connectivity index (χ4n) is 3.33. The van der Waals surface area contributed by atoms with Crippen LogP contribution in [0, 0.1) is 0 Å². The fraction of sp³-hybridized carbons (Fsp3) is 0.278. The molecule has 3 aromatic rings. The second-order valence-corrected chi connectivity index (χ2v) is 6.12. The molecule has 1 unspecified atom stereocenters. The summed E-state index contributed by atoms with van der Waals surface area (Å²) in [6, 6.07) is 7.80. The van der Waals surface area contributed by atoms with Gasteiger partial charge in [0.25, 0.3) is 0 Å². The number of imidazole rings is 1. The van der Waals surface area contributed by atoms with Crippen LogP contribution in [-0.4, -0.2) is 32.3 Å². The number of aromatic nitrogens is 4. The lowest BCUT2D eigenvalue weighted by Crippen LogP contribution is -2.26. The third-order valence-electron chi connectivity index (χ3n) is 4.57. The molecule has 1 atom stereocenters. The first kappa shape index (κ1) is 15.4. The van der Waals surface area contributed by atoms with Crippen molar-refractivity contribution in [3.8, 4) is 5.75 Å². The van der Waals surface area contributed by atoms with Crippen molar-refractivity contribution in [2.24, 2.45) is 7.05 Å². The summed E-state index contributed by atoms with van der Waals surface area (Å²) in [6.07, 6.45) is 5.84. The molecule has 1 amide bonds. The number of amides is 1. The van der Waals surface area contributed by atoms with Crippen LogP contribution in [0.15, 0.2) is 42.9 Å². The third-order valence-corrected chi connectivity index (χ3v) is 4.57. The van der Waals surface area contributed by atoms with Crippen LogP contribution < -0.4 is 10.1 Å². The maximum absolute atomic E-state index is 12.3. The number of rotatable bonds is 4. The number of carbonyl (C=O) groups excluding carboxylic acids is 1. The maximum atomic E-state index is 12.3. The molecule has 7 heteroatoms. The highest BCUT2D eigenvalue weighted by atomic mass is 16.5. The molecule has 3 heterocycles. The van der Waals surface area contributed by atoms with Crippen molar-refractivity contribution in [1.29, 1.82) is 0 Å². The van der Waals surface area contributed by atoms with Gasteiger partial charge in [-0.15, -0.1) is 0 Å². The molecule has 1 N–H and O–H groups in total. The second-order valence-electron chi connectivity index (χ2n) is 6.12. The van der Waals surface area contributed by atoms with Gasteiger partial charge in [0.05, 0.1) is 25.8 Å². The topological polar surface area (TPSA) is 74.0 Å². The number of fused-ring (bicyclic) bond motifs is 1. The Morgan fingerprint density at radius 1 is 1.36 bits per heavy atom. The summed E-state index contributed by atoms with van der Waals surface area (Å²) in [4.78, 5) is 16.7. The highest BCUT2D eigenvalue weighted by Crippen LogP contribution is 2.36. The molecule has 0 aliphatic carbocycles. The Hall–Kier alpha value is -3.09. The lowest BCUT2D eigenvalue weighted by molar-refractivity contribution is -0.116. The SMILES string of the molecule is COc1ccccc1Cn1ncc2c1NC(=O)CC2c1nccn1C. The molecule has 0 spiro atoms. The summed E-state index contributed by atoms with van der Waals surface area (Å²) in [5, 5.41) is 7.46. The highest BCUT2D eigenvalue weighted by Gasteiger charge is 2.32. The fourth-order valence-corrected chi connectivity index (χ4v) is 3.33. The number of ether oxygens (including phenoxy) is 1. The zero-order valence-corrected chi connectivity index (χ0v) is 14.1. The molecular formula is C18H19N5O2. The molecule has 0 saturated carbocycles. The van der Waals surface area contributed by atoms with Crippen LogP contribution in [0.4, 0.5) is 5.82 Å². The van der Waals surface area contributed by atoms with E-state index in [0.717, 1.165) is 28.5 Å². The predicted octanol–water partition coefficient (Wildman–Crippen LogP) is 2.15. The molecule has 2 aromatic heterocycles. The molecule has 0 radical (unpaired) electrons. The minimum absolute atomic E-state index is 0.0257. The molecule has 0 saturated heterocycles. The van der Waals surface area contributed by atoms with Gasteiger partial charge in [0, 0.05) is 37.0 Å². The number of carbonyl (C=O) groups is 1. The monoisotopic (exact) mass is 337 g/mol. The van der Waals surface area contributed by atoms with E-state index in [1.165, 1.54) is 0 Å². The Kier molecular flexibility index (Phi) is 3.76.